The first-order valence-corrected chi connectivity index (χ1v) is 8.84. The van der Waals surface area contributed by atoms with Crippen molar-refractivity contribution in [3.05, 3.63) is 59.2 Å². The van der Waals surface area contributed by atoms with Gasteiger partial charge in [-0.25, -0.2) is 4.79 Å². The molecule has 4 heteroatoms. The number of carbonyl (C=O) groups is 1. The summed E-state index contributed by atoms with van der Waals surface area (Å²) in [6, 6.07) is 13.5. The minimum atomic E-state index is -0.245. The molecular formula is C21H24KO3. The number of carbonyl (C=O) groups excluding carboxylic acids is 1. The van der Waals surface area contributed by atoms with E-state index in [1.165, 1.54) is 19.3 Å². The van der Waals surface area contributed by atoms with Crippen molar-refractivity contribution in [3.63, 3.8) is 0 Å². The van der Waals surface area contributed by atoms with Gasteiger partial charge in [0.05, 0.1) is 12.2 Å². The second-order valence-electron chi connectivity index (χ2n) is 6.22. The van der Waals surface area contributed by atoms with Crippen molar-refractivity contribution in [2.24, 2.45) is 0 Å². The van der Waals surface area contributed by atoms with E-state index in [4.69, 9.17) is 9.47 Å². The number of ether oxygens (including phenoxy) is 2. The van der Waals surface area contributed by atoms with Crippen LogP contribution in [0.5, 0.6) is 11.5 Å². The third kappa shape index (κ3) is 5.41. The molecule has 3 rings (SSSR count). The van der Waals surface area contributed by atoms with Crippen molar-refractivity contribution < 1.29 is 14.3 Å². The molecule has 2 aromatic rings. The van der Waals surface area contributed by atoms with Crippen LogP contribution in [0.4, 0.5) is 0 Å². The fraction of sp³-hybridized carbons (Fsp3) is 0.381. The van der Waals surface area contributed by atoms with Gasteiger partial charge in [-0.15, -0.1) is 0 Å². The summed E-state index contributed by atoms with van der Waals surface area (Å²) >= 11 is 0. The standard InChI is InChI=1S/C21H24O3.K/c1-2-3-4-5-8-14-23-21(22)17-11-9-13-20-18(17)15-16-10-6-7-12-19(16)24-20;/h6-7,9-13H,2-5,8,14-15H2,1H3;. The molecule has 25 heavy (non-hydrogen) atoms. The zero-order chi connectivity index (χ0) is 16.8. The predicted molar refractivity (Wildman–Crippen MR) is 101 cm³/mol. The van der Waals surface area contributed by atoms with E-state index in [9.17, 15) is 4.79 Å². The second kappa shape index (κ2) is 10.5. The number of fused-ring (bicyclic) bond motifs is 2. The Hall–Kier alpha value is -0.654. The molecule has 2 aromatic carbocycles. The first-order chi connectivity index (χ1) is 11.8. The van der Waals surface area contributed by atoms with Gasteiger partial charge in [0.2, 0.25) is 0 Å². The Balaban J connectivity index is 0.00000225. The SMILES string of the molecule is CCCCCCCOC(=O)c1cccc2c1Cc1ccccc1O2.[K]. The molecule has 0 saturated carbocycles. The summed E-state index contributed by atoms with van der Waals surface area (Å²) in [5, 5.41) is 0. The van der Waals surface area contributed by atoms with E-state index < -0.39 is 0 Å². The average Bonchev–Trinajstić information content (AvgIpc) is 2.62. The molecule has 1 aliphatic rings. The summed E-state index contributed by atoms with van der Waals surface area (Å²) < 4.78 is 11.4. The van der Waals surface area contributed by atoms with Crippen LogP contribution < -0.4 is 4.74 Å². The largest absolute Gasteiger partial charge is 0.462 e. The van der Waals surface area contributed by atoms with E-state index in [0.29, 0.717) is 18.6 Å². The molecule has 0 spiro atoms. The summed E-state index contributed by atoms with van der Waals surface area (Å²) in [5.41, 5.74) is 2.65. The third-order valence-electron chi connectivity index (χ3n) is 4.39. The Labute approximate surface area is 192 Å². The average molecular weight is 364 g/mol. The molecule has 0 saturated heterocycles. The van der Waals surface area contributed by atoms with Crippen LogP contribution in [0.15, 0.2) is 42.5 Å². The van der Waals surface area contributed by atoms with Gasteiger partial charge in [0.15, 0.2) is 0 Å². The van der Waals surface area contributed by atoms with E-state index in [-0.39, 0.29) is 57.4 Å². The van der Waals surface area contributed by atoms with Crippen LogP contribution >= 0.6 is 0 Å². The van der Waals surface area contributed by atoms with E-state index in [1.54, 1.807) is 0 Å². The maximum absolute atomic E-state index is 12.4. The van der Waals surface area contributed by atoms with Crippen LogP contribution in [-0.2, 0) is 11.2 Å². The Bertz CT molecular complexity index is 712. The Morgan fingerprint density at radius 2 is 1.76 bits per heavy atom. The van der Waals surface area contributed by atoms with Gasteiger partial charge in [-0.2, -0.15) is 0 Å². The van der Waals surface area contributed by atoms with Crippen molar-refractivity contribution in [3.8, 4) is 11.5 Å². The smallest absolute Gasteiger partial charge is 0.338 e. The minimum Gasteiger partial charge on any atom is -0.462 e. The number of rotatable bonds is 7. The molecular weight excluding hydrogens is 339 g/mol. The number of unbranched alkanes of at least 4 members (excludes halogenated alkanes) is 4. The molecule has 0 amide bonds. The number of para-hydroxylation sites is 1. The molecule has 1 radical (unpaired) electrons. The zero-order valence-electron chi connectivity index (χ0n) is 15.2. The van der Waals surface area contributed by atoms with Crippen molar-refractivity contribution in [1.82, 2.24) is 0 Å². The fourth-order valence-corrected chi connectivity index (χ4v) is 3.04. The van der Waals surface area contributed by atoms with Crippen LogP contribution in [-0.4, -0.2) is 64.0 Å². The van der Waals surface area contributed by atoms with Crippen molar-refractivity contribution in [2.75, 3.05) is 6.61 Å². The van der Waals surface area contributed by atoms with Gasteiger partial charge in [-0.05, 0) is 30.2 Å². The third-order valence-corrected chi connectivity index (χ3v) is 4.39. The van der Waals surface area contributed by atoms with Gasteiger partial charge >= 0.3 is 5.97 Å². The van der Waals surface area contributed by atoms with E-state index in [0.717, 1.165) is 35.5 Å². The van der Waals surface area contributed by atoms with Gasteiger partial charge in [0.25, 0.3) is 0 Å². The predicted octanol–water partition coefficient (Wildman–Crippen LogP) is 5.13. The molecule has 0 N–H and O–H groups in total. The van der Waals surface area contributed by atoms with E-state index in [1.807, 2.05) is 42.5 Å². The monoisotopic (exact) mass is 363 g/mol. The normalized spacial score (nSPS) is 11.6. The molecule has 0 aliphatic carbocycles. The summed E-state index contributed by atoms with van der Waals surface area (Å²) in [5.74, 6) is 1.38. The Morgan fingerprint density at radius 1 is 1.00 bits per heavy atom. The number of hydrogen-bond acceptors (Lipinski definition) is 3. The van der Waals surface area contributed by atoms with Crippen molar-refractivity contribution in [2.45, 2.75) is 45.4 Å². The van der Waals surface area contributed by atoms with Gasteiger partial charge in [-0.1, -0.05) is 56.9 Å². The number of hydrogen-bond donors (Lipinski definition) is 0. The van der Waals surface area contributed by atoms with Crippen molar-refractivity contribution in [1.29, 1.82) is 0 Å². The maximum atomic E-state index is 12.4. The zero-order valence-corrected chi connectivity index (χ0v) is 18.3. The number of benzene rings is 2. The molecule has 127 valence electrons. The first kappa shape index (κ1) is 20.7. The first-order valence-electron chi connectivity index (χ1n) is 8.84. The van der Waals surface area contributed by atoms with Crippen molar-refractivity contribution >= 4 is 57.4 Å². The summed E-state index contributed by atoms with van der Waals surface area (Å²) in [4.78, 5) is 12.4. The van der Waals surface area contributed by atoms with Crippen LogP contribution in [0, 0.1) is 0 Å². The molecule has 1 heterocycles. The Morgan fingerprint density at radius 3 is 2.60 bits per heavy atom. The van der Waals surface area contributed by atoms with Crippen LogP contribution in [0.2, 0.25) is 0 Å². The molecule has 3 nitrogen and oxygen atoms in total. The maximum Gasteiger partial charge on any atom is 0.338 e. The quantitative estimate of drug-likeness (QED) is 0.332. The summed E-state index contributed by atoms with van der Waals surface area (Å²) in [6.07, 6.45) is 6.42. The topological polar surface area (TPSA) is 35.5 Å². The Kier molecular flexibility index (Phi) is 8.66. The fourth-order valence-electron chi connectivity index (χ4n) is 3.04. The van der Waals surface area contributed by atoms with Crippen LogP contribution in [0.25, 0.3) is 0 Å². The van der Waals surface area contributed by atoms with E-state index >= 15 is 0 Å². The molecule has 0 aromatic heterocycles. The summed E-state index contributed by atoms with van der Waals surface area (Å²) in [6.45, 7) is 2.68. The molecule has 0 fully saturated rings. The van der Waals surface area contributed by atoms with Gasteiger partial charge < -0.3 is 9.47 Å². The summed E-state index contributed by atoms with van der Waals surface area (Å²) in [7, 11) is 0. The van der Waals surface area contributed by atoms with Gasteiger partial charge in [-0.3, -0.25) is 0 Å². The molecule has 0 atom stereocenters. The van der Waals surface area contributed by atoms with E-state index in [2.05, 4.69) is 6.92 Å². The second-order valence-corrected chi connectivity index (χ2v) is 6.22. The van der Waals surface area contributed by atoms with Gasteiger partial charge in [0, 0.05) is 63.4 Å². The van der Waals surface area contributed by atoms with Crippen LogP contribution in [0.1, 0.15) is 60.5 Å². The van der Waals surface area contributed by atoms with Gasteiger partial charge in [0.1, 0.15) is 11.5 Å². The molecule has 0 bridgehead atoms. The minimum absolute atomic E-state index is 0. The number of esters is 1. The van der Waals surface area contributed by atoms with Crippen LogP contribution in [0.3, 0.4) is 0 Å². The molecule has 0 unspecified atom stereocenters. The molecule has 1 aliphatic heterocycles.